The highest BCUT2D eigenvalue weighted by Gasteiger charge is 2.31. The van der Waals surface area contributed by atoms with Crippen molar-refractivity contribution in [3.8, 4) is 0 Å². The van der Waals surface area contributed by atoms with Crippen LogP contribution in [0.15, 0.2) is 24.3 Å². The van der Waals surface area contributed by atoms with E-state index in [9.17, 15) is 9.90 Å². The molecule has 1 aromatic carbocycles. The fourth-order valence-corrected chi connectivity index (χ4v) is 3.32. The van der Waals surface area contributed by atoms with Gasteiger partial charge in [-0.05, 0) is 42.4 Å². The number of nitrogens with one attached hydrogen (secondary N) is 1. The Morgan fingerprint density at radius 3 is 2.41 bits per heavy atom. The van der Waals surface area contributed by atoms with Crippen molar-refractivity contribution in [1.29, 1.82) is 0 Å². The molecule has 0 aliphatic heterocycles. The highest BCUT2D eigenvalue weighted by molar-refractivity contribution is 6.30. The van der Waals surface area contributed by atoms with Crippen LogP contribution in [0.4, 0.5) is 0 Å². The second-order valence-electron chi connectivity index (χ2n) is 6.81. The lowest BCUT2D eigenvalue weighted by molar-refractivity contribution is -0.122. The van der Waals surface area contributed by atoms with Crippen LogP contribution in [-0.4, -0.2) is 23.2 Å². The van der Waals surface area contributed by atoms with Crippen LogP contribution in [0.2, 0.25) is 5.02 Å². The van der Waals surface area contributed by atoms with Gasteiger partial charge in [-0.2, -0.15) is 0 Å². The van der Waals surface area contributed by atoms with Crippen molar-refractivity contribution < 1.29 is 9.90 Å². The molecule has 22 heavy (non-hydrogen) atoms. The van der Waals surface area contributed by atoms with Crippen molar-refractivity contribution in [3.05, 3.63) is 34.9 Å². The van der Waals surface area contributed by atoms with Gasteiger partial charge in [0.15, 0.2) is 0 Å². The Morgan fingerprint density at radius 1 is 1.27 bits per heavy atom. The number of carbonyl (C=O) groups excluding carboxylic acids is 1. The minimum Gasteiger partial charge on any atom is -0.388 e. The number of hydrogen-bond donors (Lipinski definition) is 2. The van der Waals surface area contributed by atoms with Gasteiger partial charge in [0.05, 0.1) is 5.60 Å². The molecular formula is C18H26ClNO2. The summed E-state index contributed by atoms with van der Waals surface area (Å²) in [6.45, 7) is 4.62. The lowest BCUT2D eigenvalue weighted by Crippen LogP contribution is -2.41. The Bertz CT molecular complexity index is 492. The summed E-state index contributed by atoms with van der Waals surface area (Å²) in [5.74, 6) is 0.533. The molecule has 0 spiro atoms. The third kappa shape index (κ3) is 4.72. The van der Waals surface area contributed by atoms with Gasteiger partial charge in [0.1, 0.15) is 0 Å². The van der Waals surface area contributed by atoms with Crippen LogP contribution in [0.3, 0.4) is 0 Å². The second-order valence-corrected chi connectivity index (χ2v) is 7.25. The summed E-state index contributed by atoms with van der Waals surface area (Å²) in [6.07, 6.45) is 4.11. The maximum Gasteiger partial charge on any atom is 0.220 e. The normalized spacial score (nSPS) is 18.4. The molecule has 0 aromatic heterocycles. The van der Waals surface area contributed by atoms with Crippen LogP contribution in [0.25, 0.3) is 0 Å². The number of halogens is 1. The number of aliphatic hydroxyl groups is 1. The highest BCUT2D eigenvalue weighted by atomic mass is 35.5. The molecule has 122 valence electrons. The van der Waals surface area contributed by atoms with E-state index >= 15 is 0 Å². The van der Waals surface area contributed by atoms with Gasteiger partial charge >= 0.3 is 0 Å². The molecule has 1 amide bonds. The molecule has 0 saturated heterocycles. The van der Waals surface area contributed by atoms with Crippen molar-refractivity contribution in [2.24, 2.45) is 5.92 Å². The molecule has 0 bridgehead atoms. The Kier molecular flexibility index (Phi) is 5.87. The molecule has 0 radical (unpaired) electrons. The van der Waals surface area contributed by atoms with Gasteiger partial charge in [-0.1, -0.05) is 50.4 Å². The first kappa shape index (κ1) is 17.3. The largest absolute Gasteiger partial charge is 0.388 e. The van der Waals surface area contributed by atoms with Crippen LogP contribution in [-0.2, 0) is 4.79 Å². The van der Waals surface area contributed by atoms with Crippen LogP contribution in [0.5, 0.6) is 0 Å². The molecule has 3 nitrogen and oxygen atoms in total. The maximum absolute atomic E-state index is 12.2. The summed E-state index contributed by atoms with van der Waals surface area (Å²) in [7, 11) is 0. The average molecular weight is 324 g/mol. The van der Waals surface area contributed by atoms with Gasteiger partial charge in [-0.3, -0.25) is 4.79 Å². The van der Waals surface area contributed by atoms with E-state index in [1.54, 1.807) is 0 Å². The van der Waals surface area contributed by atoms with Crippen molar-refractivity contribution in [3.63, 3.8) is 0 Å². The molecule has 4 heteroatoms. The van der Waals surface area contributed by atoms with E-state index in [1.165, 1.54) is 0 Å². The van der Waals surface area contributed by atoms with Crippen molar-refractivity contribution in [2.45, 2.75) is 57.5 Å². The lowest BCUT2D eigenvalue weighted by atomic mass is 9.85. The molecule has 1 aromatic rings. The minimum atomic E-state index is -0.691. The van der Waals surface area contributed by atoms with Crippen LogP contribution < -0.4 is 5.32 Å². The van der Waals surface area contributed by atoms with Gasteiger partial charge in [0.2, 0.25) is 5.91 Å². The topological polar surface area (TPSA) is 49.3 Å². The van der Waals surface area contributed by atoms with Gasteiger partial charge < -0.3 is 10.4 Å². The summed E-state index contributed by atoms with van der Waals surface area (Å²) in [4.78, 5) is 12.2. The predicted octanol–water partition coefficient (Wildman–Crippen LogP) is 3.89. The number of amides is 1. The van der Waals surface area contributed by atoms with Gasteiger partial charge in [-0.15, -0.1) is 0 Å². The van der Waals surface area contributed by atoms with E-state index in [-0.39, 0.29) is 11.8 Å². The Morgan fingerprint density at radius 2 is 1.86 bits per heavy atom. The Hall–Kier alpha value is -1.06. The molecule has 1 aliphatic carbocycles. The zero-order valence-corrected chi connectivity index (χ0v) is 14.2. The van der Waals surface area contributed by atoms with E-state index in [1.807, 2.05) is 24.3 Å². The molecule has 1 aliphatic rings. The Labute approximate surface area is 138 Å². The summed E-state index contributed by atoms with van der Waals surface area (Å²) >= 11 is 5.93. The fraction of sp³-hybridized carbons (Fsp3) is 0.611. The molecule has 1 saturated carbocycles. The third-order valence-electron chi connectivity index (χ3n) is 4.66. The average Bonchev–Trinajstić information content (AvgIpc) is 2.91. The van der Waals surface area contributed by atoms with E-state index in [4.69, 9.17) is 11.6 Å². The monoisotopic (exact) mass is 323 g/mol. The van der Waals surface area contributed by atoms with E-state index in [2.05, 4.69) is 19.2 Å². The molecule has 2 rings (SSSR count). The van der Waals surface area contributed by atoms with Gasteiger partial charge in [-0.25, -0.2) is 0 Å². The fourth-order valence-electron chi connectivity index (χ4n) is 3.19. The van der Waals surface area contributed by atoms with Crippen LogP contribution >= 0.6 is 11.6 Å². The first-order chi connectivity index (χ1) is 10.4. The van der Waals surface area contributed by atoms with Crippen molar-refractivity contribution in [2.75, 3.05) is 6.54 Å². The molecule has 1 unspecified atom stereocenters. The summed E-state index contributed by atoms with van der Waals surface area (Å²) in [6, 6.07) is 7.71. The quantitative estimate of drug-likeness (QED) is 0.834. The first-order valence-electron chi connectivity index (χ1n) is 8.14. The van der Waals surface area contributed by atoms with Crippen LogP contribution in [0, 0.1) is 5.92 Å². The van der Waals surface area contributed by atoms with E-state index in [0.717, 1.165) is 31.2 Å². The smallest absolute Gasteiger partial charge is 0.220 e. The van der Waals surface area contributed by atoms with Gasteiger partial charge in [0.25, 0.3) is 0 Å². The third-order valence-corrected chi connectivity index (χ3v) is 4.91. The minimum absolute atomic E-state index is 0.00831. The number of benzene rings is 1. The number of carbonyl (C=O) groups is 1. The summed E-state index contributed by atoms with van der Waals surface area (Å²) in [5, 5.41) is 13.9. The molecule has 2 N–H and O–H groups in total. The Balaban J connectivity index is 1.93. The predicted molar refractivity (Wildman–Crippen MR) is 90.1 cm³/mol. The van der Waals surface area contributed by atoms with Gasteiger partial charge in [0, 0.05) is 18.0 Å². The SMILES string of the molecule is CC(C)C(CC(=O)NCC1(O)CCCC1)c1ccc(Cl)cc1. The lowest BCUT2D eigenvalue weighted by Gasteiger charge is -2.25. The highest BCUT2D eigenvalue weighted by Crippen LogP contribution is 2.30. The summed E-state index contributed by atoms with van der Waals surface area (Å²) in [5.41, 5.74) is 0.442. The standard InChI is InChI=1S/C18H26ClNO2/c1-13(2)16(14-5-7-15(19)8-6-14)11-17(21)20-12-18(22)9-3-4-10-18/h5-8,13,16,22H,3-4,9-12H2,1-2H3,(H,20,21). The molecular weight excluding hydrogens is 298 g/mol. The molecule has 1 fully saturated rings. The maximum atomic E-state index is 12.2. The first-order valence-corrected chi connectivity index (χ1v) is 8.52. The van der Waals surface area contributed by atoms with E-state index in [0.29, 0.717) is 23.9 Å². The zero-order chi connectivity index (χ0) is 16.2. The molecule has 1 atom stereocenters. The van der Waals surface area contributed by atoms with Crippen molar-refractivity contribution >= 4 is 17.5 Å². The summed E-state index contributed by atoms with van der Waals surface area (Å²) < 4.78 is 0. The second kappa shape index (κ2) is 7.47. The zero-order valence-electron chi connectivity index (χ0n) is 13.4. The number of rotatable bonds is 6. The van der Waals surface area contributed by atoms with Crippen molar-refractivity contribution in [1.82, 2.24) is 5.32 Å². The molecule has 0 heterocycles. The number of hydrogen-bond acceptors (Lipinski definition) is 2. The van der Waals surface area contributed by atoms with E-state index < -0.39 is 5.60 Å². The van der Waals surface area contributed by atoms with Crippen LogP contribution in [0.1, 0.15) is 57.4 Å².